The van der Waals surface area contributed by atoms with Crippen LogP contribution in [0.2, 0.25) is 0 Å². The SMILES string of the molecule is CCOC(=O)/C(N=Nc1n[nH]c(C(=O)O)n1)=C(\C)O. The zero-order valence-corrected chi connectivity index (χ0v) is 10.1. The molecule has 0 aliphatic carbocycles. The molecule has 0 fully saturated rings. The Morgan fingerprint density at radius 3 is 2.58 bits per heavy atom. The molecule has 0 aliphatic rings. The van der Waals surface area contributed by atoms with Crippen molar-refractivity contribution < 1.29 is 24.5 Å². The summed E-state index contributed by atoms with van der Waals surface area (Å²) in [5, 5.41) is 30.2. The lowest BCUT2D eigenvalue weighted by molar-refractivity contribution is -0.138. The van der Waals surface area contributed by atoms with Gasteiger partial charge in [0.15, 0.2) is 0 Å². The van der Waals surface area contributed by atoms with Gasteiger partial charge in [0, 0.05) is 0 Å². The molecule has 10 heteroatoms. The number of nitrogens with one attached hydrogen (secondary N) is 1. The van der Waals surface area contributed by atoms with E-state index in [1.807, 2.05) is 0 Å². The number of aromatic carboxylic acids is 1. The molecular formula is C9H11N5O5. The molecule has 0 radical (unpaired) electrons. The summed E-state index contributed by atoms with van der Waals surface area (Å²) in [6.45, 7) is 2.93. The van der Waals surface area contributed by atoms with Crippen LogP contribution in [-0.4, -0.2) is 43.9 Å². The summed E-state index contributed by atoms with van der Waals surface area (Å²) < 4.78 is 4.64. The molecule has 0 saturated heterocycles. The van der Waals surface area contributed by atoms with Gasteiger partial charge in [-0.1, -0.05) is 0 Å². The highest BCUT2D eigenvalue weighted by molar-refractivity contribution is 5.88. The van der Waals surface area contributed by atoms with Gasteiger partial charge < -0.3 is 14.9 Å². The molecule has 1 aromatic rings. The number of aliphatic hydroxyl groups is 1. The van der Waals surface area contributed by atoms with Gasteiger partial charge in [-0.05, 0) is 13.8 Å². The minimum Gasteiger partial charge on any atom is -0.510 e. The number of nitrogens with zero attached hydrogens (tertiary/aromatic N) is 4. The minimum absolute atomic E-state index is 0.106. The second-order valence-corrected chi connectivity index (χ2v) is 3.14. The first-order chi connectivity index (χ1) is 8.95. The lowest BCUT2D eigenvalue weighted by atomic mass is 10.4. The Hall–Kier alpha value is -2.78. The summed E-state index contributed by atoms with van der Waals surface area (Å²) in [5.74, 6) is -3.28. The van der Waals surface area contributed by atoms with Gasteiger partial charge in [-0.2, -0.15) is 4.98 Å². The van der Waals surface area contributed by atoms with E-state index < -0.39 is 29.2 Å². The highest BCUT2D eigenvalue weighted by Crippen LogP contribution is 2.11. The molecule has 102 valence electrons. The normalized spacial score (nSPS) is 12.3. The number of ether oxygens (including phenoxy) is 1. The molecule has 0 atom stereocenters. The Morgan fingerprint density at radius 1 is 1.42 bits per heavy atom. The minimum atomic E-state index is -1.31. The predicted molar refractivity (Wildman–Crippen MR) is 59.8 cm³/mol. The highest BCUT2D eigenvalue weighted by Gasteiger charge is 2.15. The molecule has 0 unspecified atom stereocenters. The smallest absolute Gasteiger partial charge is 0.373 e. The van der Waals surface area contributed by atoms with Gasteiger partial charge >= 0.3 is 11.9 Å². The molecule has 19 heavy (non-hydrogen) atoms. The summed E-state index contributed by atoms with van der Waals surface area (Å²) in [5.41, 5.74) is -0.413. The number of azo groups is 1. The Morgan fingerprint density at radius 2 is 2.11 bits per heavy atom. The first-order valence-electron chi connectivity index (χ1n) is 5.10. The zero-order valence-electron chi connectivity index (χ0n) is 10.1. The maximum atomic E-state index is 11.4. The van der Waals surface area contributed by atoms with Crippen molar-refractivity contribution in [1.82, 2.24) is 15.2 Å². The van der Waals surface area contributed by atoms with Crippen LogP contribution in [0.3, 0.4) is 0 Å². The molecular weight excluding hydrogens is 258 g/mol. The summed E-state index contributed by atoms with van der Waals surface area (Å²) in [4.78, 5) is 25.4. The fraction of sp³-hybridized carbons (Fsp3) is 0.333. The van der Waals surface area contributed by atoms with Crippen molar-refractivity contribution in [3.05, 3.63) is 17.3 Å². The maximum Gasteiger partial charge on any atom is 0.373 e. The number of rotatable bonds is 5. The average molecular weight is 269 g/mol. The quantitative estimate of drug-likeness (QED) is 0.311. The maximum absolute atomic E-state index is 11.4. The third-order valence-corrected chi connectivity index (χ3v) is 1.73. The Bertz CT molecular complexity index is 543. The van der Waals surface area contributed by atoms with E-state index in [0.29, 0.717) is 0 Å². The van der Waals surface area contributed by atoms with E-state index in [1.165, 1.54) is 6.92 Å². The van der Waals surface area contributed by atoms with Crippen LogP contribution in [0.5, 0.6) is 0 Å². The average Bonchev–Trinajstić information content (AvgIpc) is 2.78. The van der Waals surface area contributed by atoms with Crippen molar-refractivity contribution in [2.75, 3.05) is 6.61 Å². The number of aromatic amines is 1. The number of esters is 1. The number of aliphatic hydroxyl groups excluding tert-OH is 1. The van der Waals surface area contributed by atoms with E-state index in [2.05, 4.69) is 30.1 Å². The molecule has 0 saturated carbocycles. The summed E-state index contributed by atoms with van der Waals surface area (Å²) in [6, 6.07) is 0. The molecule has 0 aliphatic heterocycles. The van der Waals surface area contributed by atoms with Crippen LogP contribution in [0.1, 0.15) is 24.5 Å². The Labute approximate surface area is 106 Å². The molecule has 1 heterocycles. The summed E-state index contributed by atoms with van der Waals surface area (Å²) in [6.07, 6.45) is 0. The van der Waals surface area contributed by atoms with Crippen LogP contribution in [0.25, 0.3) is 0 Å². The number of carboxylic acid groups (broad SMARTS) is 1. The van der Waals surface area contributed by atoms with Crippen LogP contribution < -0.4 is 0 Å². The molecule has 0 spiro atoms. The van der Waals surface area contributed by atoms with E-state index >= 15 is 0 Å². The second kappa shape index (κ2) is 6.23. The number of H-pyrrole nitrogens is 1. The predicted octanol–water partition coefficient (Wildman–Crippen LogP) is 0.939. The first-order valence-corrected chi connectivity index (χ1v) is 5.10. The van der Waals surface area contributed by atoms with Crippen molar-refractivity contribution in [1.29, 1.82) is 0 Å². The molecule has 0 aromatic carbocycles. The molecule has 0 amide bonds. The van der Waals surface area contributed by atoms with Crippen molar-refractivity contribution in [2.24, 2.45) is 10.2 Å². The third-order valence-electron chi connectivity index (χ3n) is 1.73. The van der Waals surface area contributed by atoms with E-state index in [0.717, 1.165) is 0 Å². The van der Waals surface area contributed by atoms with Crippen molar-refractivity contribution in [3.63, 3.8) is 0 Å². The standard InChI is InChI=1S/C9H11N5O5/c1-3-19-8(18)5(4(2)15)11-13-9-10-6(7(16)17)12-14-9/h15H,3H2,1-2H3,(H,16,17)(H,10,12,14)/b5-4-,13-11?. The van der Waals surface area contributed by atoms with Gasteiger partial charge in [-0.15, -0.1) is 15.3 Å². The van der Waals surface area contributed by atoms with Crippen molar-refractivity contribution in [3.8, 4) is 0 Å². The largest absolute Gasteiger partial charge is 0.510 e. The van der Waals surface area contributed by atoms with E-state index in [1.54, 1.807) is 6.92 Å². The van der Waals surface area contributed by atoms with Gasteiger partial charge in [0.05, 0.1) is 6.61 Å². The van der Waals surface area contributed by atoms with Crippen LogP contribution in [-0.2, 0) is 9.53 Å². The number of carbonyl (C=O) groups is 2. The lowest BCUT2D eigenvalue weighted by Crippen LogP contribution is -2.07. The molecule has 3 N–H and O–H groups in total. The fourth-order valence-corrected chi connectivity index (χ4v) is 0.948. The lowest BCUT2D eigenvalue weighted by Gasteiger charge is -2.00. The van der Waals surface area contributed by atoms with E-state index in [-0.39, 0.29) is 12.6 Å². The van der Waals surface area contributed by atoms with Gasteiger partial charge in [0.25, 0.3) is 5.95 Å². The van der Waals surface area contributed by atoms with E-state index in [4.69, 9.17) is 5.11 Å². The van der Waals surface area contributed by atoms with Crippen molar-refractivity contribution in [2.45, 2.75) is 13.8 Å². The summed E-state index contributed by atoms with van der Waals surface area (Å²) >= 11 is 0. The third kappa shape index (κ3) is 3.87. The van der Waals surface area contributed by atoms with Crippen LogP contribution in [0.4, 0.5) is 5.95 Å². The highest BCUT2D eigenvalue weighted by atomic mass is 16.5. The zero-order chi connectivity index (χ0) is 14.4. The Kier molecular flexibility index (Phi) is 4.69. The van der Waals surface area contributed by atoms with Crippen LogP contribution in [0, 0.1) is 0 Å². The summed E-state index contributed by atoms with van der Waals surface area (Å²) in [7, 11) is 0. The first kappa shape index (κ1) is 14.3. The number of hydrogen-bond acceptors (Lipinski definition) is 8. The second-order valence-electron chi connectivity index (χ2n) is 3.14. The fourth-order valence-electron chi connectivity index (χ4n) is 0.948. The number of aromatic nitrogens is 3. The monoisotopic (exact) mass is 269 g/mol. The Balaban J connectivity index is 2.90. The van der Waals surface area contributed by atoms with Gasteiger partial charge in [0.2, 0.25) is 11.5 Å². The van der Waals surface area contributed by atoms with E-state index in [9.17, 15) is 14.7 Å². The van der Waals surface area contributed by atoms with Crippen LogP contribution >= 0.6 is 0 Å². The number of allylic oxidation sites excluding steroid dienone is 1. The number of carbonyl (C=O) groups excluding carboxylic acids is 1. The molecule has 1 aromatic heterocycles. The topological polar surface area (TPSA) is 150 Å². The number of carboxylic acids is 1. The van der Waals surface area contributed by atoms with Gasteiger partial charge in [-0.3, -0.25) is 5.10 Å². The van der Waals surface area contributed by atoms with Crippen LogP contribution in [0.15, 0.2) is 21.7 Å². The van der Waals surface area contributed by atoms with Crippen molar-refractivity contribution >= 4 is 17.9 Å². The molecule has 10 nitrogen and oxygen atoms in total. The molecule has 1 rings (SSSR count). The molecule has 0 bridgehead atoms. The van der Waals surface area contributed by atoms with Gasteiger partial charge in [0.1, 0.15) is 5.76 Å². The van der Waals surface area contributed by atoms with Gasteiger partial charge in [-0.25, -0.2) is 9.59 Å². The number of hydrogen-bond donors (Lipinski definition) is 3.